The van der Waals surface area contributed by atoms with E-state index in [0.29, 0.717) is 0 Å². The summed E-state index contributed by atoms with van der Waals surface area (Å²) < 4.78 is 0. The Balaban J connectivity index is 0.000000209. The molecule has 1 atom stereocenters. The van der Waals surface area contributed by atoms with Crippen LogP contribution in [-0.4, -0.2) is 31.8 Å². The first-order valence-corrected chi connectivity index (χ1v) is 6.66. The van der Waals surface area contributed by atoms with E-state index in [4.69, 9.17) is 4.91 Å². The number of hydrogen-bond acceptors (Lipinski definition) is 5. The van der Waals surface area contributed by atoms with Crippen molar-refractivity contribution in [3.05, 3.63) is 4.91 Å². The van der Waals surface area contributed by atoms with Crippen molar-refractivity contribution in [2.24, 2.45) is 11.3 Å². The molecule has 2 aliphatic heterocycles. The van der Waals surface area contributed by atoms with Crippen LogP contribution >= 0.6 is 0 Å². The van der Waals surface area contributed by atoms with Gasteiger partial charge in [-0.25, -0.2) is 0 Å². The molecule has 0 aromatic carbocycles. The largest absolute Gasteiger partial charge is 0.361 e. The van der Waals surface area contributed by atoms with E-state index in [1.54, 1.807) is 13.8 Å². The molecule has 0 radical (unpaired) electrons. The Bertz CT molecular complexity index is 200. The highest BCUT2D eigenvalue weighted by atomic mass is 16.7. The van der Waals surface area contributed by atoms with Crippen molar-refractivity contribution in [3.8, 4) is 0 Å². The van der Waals surface area contributed by atoms with Gasteiger partial charge in [-0.3, -0.25) is 0 Å². The molecule has 0 saturated carbocycles. The minimum Gasteiger partial charge on any atom is -0.361 e. The molecule has 17 heavy (non-hydrogen) atoms. The van der Waals surface area contributed by atoms with Crippen LogP contribution in [0.4, 0.5) is 0 Å². The number of hydrogen-bond donors (Lipinski definition) is 2. The second-order valence-electron chi connectivity index (χ2n) is 5.02. The summed E-state index contributed by atoms with van der Waals surface area (Å²) in [5.41, 5.74) is 0. The normalized spacial score (nSPS) is 25.2. The van der Waals surface area contributed by atoms with Crippen LogP contribution in [0.2, 0.25) is 0 Å². The molecule has 2 fully saturated rings. The highest BCUT2D eigenvalue weighted by Gasteiger charge is 2.25. The van der Waals surface area contributed by atoms with Crippen molar-refractivity contribution in [2.45, 2.75) is 51.7 Å². The second-order valence-corrected chi connectivity index (χ2v) is 5.02. The number of nitrogens with one attached hydrogen (secondary N) is 2. The van der Waals surface area contributed by atoms with Crippen LogP contribution in [0.15, 0.2) is 5.34 Å². The summed E-state index contributed by atoms with van der Waals surface area (Å²) in [4.78, 5) is 13.3. The highest BCUT2D eigenvalue weighted by molar-refractivity contribution is 4.84. The van der Waals surface area contributed by atoms with E-state index in [1.165, 1.54) is 45.3 Å². The maximum atomic E-state index is 9.14. The van der Waals surface area contributed by atoms with Crippen molar-refractivity contribution in [2.75, 3.05) is 19.6 Å². The van der Waals surface area contributed by atoms with Gasteiger partial charge in [0.25, 0.3) is 0 Å². The predicted molar refractivity (Wildman–Crippen MR) is 68.6 cm³/mol. The van der Waals surface area contributed by atoms with Crippen LogP contribution in [0.1, 0.15) is 39.5 Å². The number of rotatable bonds is 3. The van der Waals surface area contributed by atoms with Gasteiger partial charge in [0.05, 0.1) is 0 Å². The van der Waals surface area contributed by atoms with Gasteiger partial charge in [0.2, 0.25) is 0 Å². The van der Waals surface area contributed by atoms with Gasteiger partial charge in [0.15, 0.2) is 5.34 Å². The van der Waals surface area contributed by atoms with Gasteiger partial charge in [-0.1, -0.05) is 0 Å². The topological polar surface area (TPSA) is 62.7 Å². The summed E-state index contributed by atoms with van der Waals surface area (Å²) in [7, 11) is 0. The molecule has 0 bridgehead atoms. The van der Waals surface area contributed by atoms with E-state index in [0.717, 1.165) is 12.0 Å². The Morgan fingerprint density at radius 2 is 1.88 bits per heavy atom. The van der Waals surface area contributed by atoms with Gasteiger partial charge in [0, 0.05) is 6.04 Å². The molecule has 2 rings (SSSR count). The monoisotopic (exact) mass is 243 g/mol. The highest BCUT2D eigenvalue weighted by Crippen LogP contribution is 2.22. The Morgan fingerprint density at radius 3 is 2.29 bits per heavy atom. The molecular weight excluding hydrogens is 218 g/mol. The Labute approximate surface area is 104 Å². The van der Waals surface area contributed by atoms with Crippen LogP contribution in [0.25, 0.3) is 0 Å². The lowest BCUT2D eigenvalue weighted by atomic mass is 9.89. The fourth-order valence-electron chi connectivity index (χ4n) is 2.45. The van der Waals surface area contributed by atoms with Crippen molar-refractivity contribution in [1.29, 1.82) is 0 Å². The maximum Gasteiger partial charge on any atom is 0.155 e. The zero-order valence-corrected chi connectivity index (χ0v) is 10.9. The van der Waals surface area contributed by atoms with Crippen LogP contribution in [-0.2, 0) is 4.84 Å². The van der Waals surface area contributed by atoms with E-state index in [1.807, 2.05) is 0 Å². The van der Waals surface area contributed by atoms with Crippen molar-refractivity contribution in [3.63, 3.8) is 0 Å². The van der Waals surface area contributed by atoms with Gasteiger partial charge < -0.3 is 15.5 Å². The van der Waals surface area contributed by atoms with E-state index in [-0.39, 0.29) is 6.10 Å². The Hall–Kier alpha value is -0.680. The van der Waals surface area contributed by atoms with E-state index in [2.05, 4.69) is 20.8 Å². The summed E-state index contributed by atoms with van der Waals surface area (Å²) in [6.45, 7) is 7.21. The lowest BCUT2D eigenvalue weighted by Gasteiger charge is -2.27. The standard InChI is InChI=1S/C9H18N2.C3H7NO2/c1-2-9(11-5-1)8-3-6-10-7-4-8;1-3(2)6-4-5/h8-11H,1-7H2;3H,1-2H3. The average Bonchev–Trinajstić information content (AvgIpc) is 2.84. The quantitative estimate of drug-likeness (QED) is 0.586. The molecule has 1 unspecified atom stereocenters. The van der Waals surface area contributed by atoms with Crippen LogP contribution < -0.4 is 10.6 Å². The Morgan fingerprint density at radius 1 is 1.18 bits per heavy atom. The first-order valence-electron chi connectivity index (χ1n) is 6.66. The summed E-state index contributed by atoms with van der Waals surface area (Å²) in [5, 5.41) is 9.19. The predicted octanol–water partition coefficient (Wildman–Crippen LogP) is 1.83. The molecule has 2 saturated heterocycles. The van der Waals surface area contributed by atoms with Crippen LogP contribution in [0, 0.1) is 10.8 Å². The maximum absolute atomic E-state index is 9.14. The van der Waals surface area contributed by atoms with Crippen molar-refractivity contribution >= 4 is 0 Å². The molecule has 0 spiro atoms. The first-order chi connectivity index (χ1) is 8.24. The van der Waals surface area contributed by atoms with Gasteiger partial charge in [-0.2, -0.15) is 0 Å². The molecule has 0 aliphatic carbocycles. The second kappa shape index (κ2) is 8.42. The van der Waals surface area contributed by atoms with Crippen molar-refractivity contribution < 1.29 is 4.84 Å². The fraction of sp³-hybridized carbons (Fsp3) is 1.00. The van der Waals surface area contributed by atoms with Crippen LogP contribution in [0.3, 0.4) is 0 Å². The minimum absolute atomic E-state index is 0.0810. The summed E-state index contributed by atoms with van der Waals surface area (Å²) in [5.74, 6) is 0.971. The molecule has 5 heteroatoms. The summed E-state index contributed by atoms with van der Waals surface area (Å²) in [6.07, 6.45) is 5.51. The van der Waals surface area contributed by atoms with Gasteiger partial charge in [-0.05, 0) is 65.1 Å². The lowest BCUT2D eigenvalue weighted by Crippen LogP contribution is -2.38. The van der Waals surface area contributed by atoms with E-state index < -0.39 is 0 Å². The third kappa shape index (κ3) is 5.98. The average molecular weight is 243 g/mol. The third-order valence-electron chi connectivity index (χ3n) is 3.31. The fourth-order valence-corrected chi connectivity index (χ4v) is 2.45. The van der Waals surface area contributed by atoms with E-state index >= 15 is 0 Å². The molecule has 0 aromatic rings. The molecular formula is C12H25N3O2. The zero-order valence-electron chi connectivity index (χ0n) is 10.9. The van der Waals surface area contributed by atoms with Gasteiger partial charge >= 0.3 is 0 Å². The number of nitrogens with zero attached hydrogens (tertiary/aromatic N) is 1. The molecule has 2 aliphatic rings. The third-order valence-corrected chi connectivity index (χ3v) is 3.31. The SMILES string of the molecule is C1CNC(C2CCNCC2)C1.CC(C)ON=O. The van der Waals surface area contributed by atoms with Gasteiger partial charge in [-0.15, -0.1) is 4.91 Å². The molecule has 0 aromatic heterocycles. The molecule has 0 amide bonds. The van der Waals surface area contributed by atoms with E-state index in [9.17, 15) is 0 Å². The van der Waals surface area contributed by atoms with Crippen LogP contribution in [0.5, 0.6) is 0 Å². The zero-order chi connectivity index (χ0) is 12.5. The first kappa shape index (κ1) is 14.4. The summed E-state index contributed by atoms with van der Waals surface area (Å²) in [6, 6.07) is 0.858. The molecule has 2 N–H and O–H groups in total. The Kier molecular flexibility index (Phi) is 7.12. The molecule has 5 nitrogen and oxygen atoms in total. The molecule has 2 heterocycles. The lowest BCUT2D eigenvalue weighted by molar-refractivity contribution is 0.0819. The molecule has 100 valence electrons. The smallest absolute Gasteiger partial charge is 0.155 e. The minimum atomic E-state index is -0.0810. The van der Waals surface area contributed by atoms with Gasteiger partial charge in [0.1, 0.15) is 6.10 Å². The van der Waals surface area contributed by atoms with Crippen molar-refractivity contribution in [1.82, 2.24) is 10.6 Å². The number of piperidine rings is 1. The summed E-state index contributed by atoms with van der Waals surface area (Å²) >= 11 is 0.